The maximum atomic E-state index is 6.75. The van der Waals surface area contributed by atoms with Gasteiger partial charge in [0.2, 0.25) is 0 Å². The van der Waals surface area contributed by atoms with E-state index >= 15 is 0 Å². The molecule has 0 aromatic carbocycles. The highest BCUT2D eigenvalue weighted by Crippen LogP contribution is 2.58. The molecule has 0 saturated carbocycles. The Morgan fingerprint density at radius 1 is 1.06 bits per heavy atom. The Labute approximate surface area is 205 Å². The molecular formula is C23H24B2N10. The number of anilines is 3. The first-order valence-corrected chi connectivity index (χ1v) is 12.0. The molecule has 3 aliphatic rings. The number of H-pyrrole nitrogens is 1. The van der Waals surface area contributed by atoms with Crippen LogP contribution in [0.2, 0.25) is 0 Å². The molecule has 1 aliphatic carbocycles. The third kappa shape index (κ3) is 2.80. The van der Waals surface area contributed by atoms with Crippen molar-refractivity contribution in [3.05, 3.63) is 48.0 Å². The molecule has 12 heteroatoms. The minimum Gasteiger partial charge on any atom is -0.355 e. The van der Waals surface area contributed by atoms with Gasteiger partial charge in [0.25, 0.3) is 0 Å². The molecule has 1 fully saturated rings. The van der Waals surface area contributed by atoms with Crippen LogP contribution in [0.4, 0.5) is 17.5 Å². The molecule has 0 bridgehead atoms. The highest BCUT2D eigenvalue weighted by molar-refractivity contribution is 6.41. The molecule has 4 radical (unpaired) electrons. The fourth-order valence-electron chi connectivity index (χ4n) is 6.27. The molecule has 2 aliphatic heterocycles. The maximum absolute atomic E-state index is 6.75. The largest absolute Gasteiger partial charge is 0.355 e. The lowest BCUT2D eigenvalue weighted by Crippen LogP contribution is -2.54. The highest BCUT2D eigenvalue weighted by atomic mass is 15.4. The van der Waals surface area contributed by atoms with Crippen molar-refractivity contribution in [1.82, 2.24) is 34.9 Å². The van der Waals surface area contributed by atoms with Gasteiger partial charge in [-0.3, -0.25) is 10.1 Å². The second kappa shape index (κ2) is 7.30. The van der Waals surface area contributed by atoms with Crippen molar-refractivity contribution in [3.8, 4) is 0 Å². The number of fused-ring (bicyclic) bond motifs is 3. The van der Waals surface area contributed by atoms with E-state index in [2.05, 4.69) is 30.1 Å². The SMILES string of the molecule is [B]C1([B])c2ccncc2[C@@H](N)C12CCN(c1cnc3c(N4CCCn5nccc54)n[nH]c3n1)CC2. The molecule has 3 N–H and O–H groups in total. The summed E-state index contributed by atoms with van der Waals surface area (Å²) in [4.78, 5) is 18.2. The normalized spacial score (nSPS) is 22.5. The Bertz CT molecular complexity index is 1420. The van der Waals surface area contributed by atoms with Gasteiger partial charge in [-0.25, -0.2) is 14.6 Å². The number of hydrogen-bond donors (Lipinski definition) is 2. The second-order valence-electron chi connectivity index (χ2n) is 9.84. The number of aromatic amines is 1. The summed E-state index contributed by atoms with van der Waals surface area (Å²) in [5.41, 5.74) is 9.56. The van der Waals surface area contributed by atoms with Crippen molar-refractivity contribution < 1.29 is 0 Å². The van der Waals surface area contributed by atoms with E-state index in [1.807, 2.05) is 29.2 Å². The van der Waals surface area contributed by atoms with Crippen molar-refractivity contribution in [2.75, 3.05) is 29.4 Å². The Morgan fingerprint density at radius 2 is 1.91 bits per heavy atom. The van der Waals surface area contributed by atoms with Gasteiger partial charge in [0.05, 0.1) is 28.1 Å². The van der Waals surface area contributed by atoms with Crippen molar-refractivity contribution in [2.24, 2.45) is 11.1 Å². The molecule has 35 heavy (non-hydrogen) atoms. The van der Waals surface area contributed by atoms with Crippen molar-refractivity contribution in [1.29, 1.82) is 0 Å². The lowest BCUT2D eigenvalue weighted by atomic mass is 9.39. The average Bonchev–Trinajstić information content (AvgIpc) is 3.58. The first kappa shape index (κ1) is 20.9. The molecule has 4 aromatic rings. The topological polar surface area (TPSA) is 118 Å². The zero-order valence-electron chi connectivity index (χ0n) is 19.3. The lowest BCUT2D eigenvalue weighted by Gasteiger charge is -2.51. The van der Waals surface area contributed by atoms with Crippen molar-refractivity contribution in [2.45, 2.75) is 37.1 Å². The number of rotatable bonds is 2. The molecule has 1 saturated heterocycles. The fraction of sp³-hybridized carbons (Fsp3) is 0.435. The van der Waals surface area contributed by atoms with Gasteiger partial charge >= 0.3 is 0 Å². The zero-order valence-corrected chi connectivity index (χ0v) is 19.3. The lowest BCUT2D eigenvalue weighted by molar-refractivity contribution is 0.161. The van der Waals surface area contributed by atoms with E-state index in [0.29, 0.717) is 5.65 Å². The fourth-order valence-corrected chi connectivity index (χ4v) is 6.27. The van der Waals surface area contributed by atoms with Crippen LogP contribution in [0.25, 0.3) is 11.2 Å². The number of nitrogens with one attached hydrogen (secondary N) is 1. The van der Waals surface area contributed by atoms with Crippen LogP contribution in [0.5, 0.6) is 0 Å². The van der Waals surface area contributed by atoms with Gasteiger partial charge in [0.15, 0.2) is 17.0 Å². The number of pyridine rings is 1. The molecular weight excluding hydrogens is 438 g/mol. The average molecular weight is 462 g/mol. The Morgan fingerprint density at radius 3 is 2.74 bits per heavy atom. The molecule has 172 valence electrons. The van der Waals surface area contributed by atoms with E-state index < -0.39 is 10.6 Å². The smallest absolute Gasteiger partial charge is 0.184 e. The minimum atomic E-state index is -0.994. The molecule has 10 nitrogen and oxygen atoms in total. The molecule has 1 atom stereocenters. The highest BCUT2D eigenvalue weighted by Gasteiger charge is 2.56. The second-order valence-corrected chi connectivity index (χ2v) is 9.84. The first-order chi connectivity index (χ1) is 17.0. The van der Waals surface area contributed by atoms with E-state index in [4.69, 9.17) is 31.4 Å². The summed E-state index contributed by atoms with van der Waals surface area (Å²) in [6, 6.07) is 3.66. The van der Waals surface area contributed by atoms with Crippen LogP contribution in [0.1, 0.15) is 36.4 Å². The van der Waals surface area contributed by atoms with E-state index in [0.717, 1.165) is 79.5 Å². The third-order valence-electron chi connectivity index (χ3n) is 8.25. The molecule has 0 amide bonds. The monoisotopic (exact) mass is 462 g/mol. The van der Waals surface area contributed by atoms with Crippen LogP contribution < -0.4 is 15.5 Å². The Balaban J connectivity index is 1.15. The number of aromatic nitrogens is 7. The summed E-state index contributed by atoms with van der Waals surface area (Å²) in [5.74, 6) is 2.60. The van der Waals surface area contributed by atoms with Crippen LogP contribution in [0.3, 0.4) is 0 Å². The van der Waals surface area contributed by atoms with Gasteiger partial charge in [0, 0.05) is 50.7 Å². The summed E-state index contributed by atoms with van der Waals surface area (Å²) < 4.78 is 1.99. The van der Waals surface area contributed by atoms with Gasteiger partial charge in [-0.05, 0) is 36.3 Å². The number of nitrogens with zero attached hydrogens (tertiary/aromatic N) is 8. The molecule has 7 rings (SSSR count). The predicted molar refractivity (Wildman–Crippen MR) is 134 cm³/mol. The molecule has 6 heterocycles. The van der Waals surface area contributed by atoms with Crippen LogP contribution in [-0.2, 0) is 11.8 Å². The first-order valence-electron chi connectivity index (χ1n) is 12.0. The number of aryl methyl sites for hydroxylation is 1. The summed E-state index contributed by atoms with van der Waals surface area (Å²) >= 11 is 0. The van der Waals surface area contributed by atoms with Crippen LogP contribution in [0.15, 0.2) is 36.9 Å². The van der Waals surface area contributed by atoms with Gasteiger partial charge < -0.3 is 15.5 Å². The number of piperidine rings is 1. The van der Waals surface area contributed by atoms with Gasteiger partial charge in [0.1, 0.15) is 11.6 Å². The predicted octanol–water partition coefficient (Wildman–Crippen LogP) is 1.28. The molecule has 4 aromatic heterocycles. The van der Waals surface area contributed by atoms with E-state index in [1.165, 1.54) is 0 Å². The van der Waals surface area contributed by atoms with Crippen LogP contribution >= 0.6 is 0 Å². The van der Waals surface area contributed by atoms with Crippen molar-refractivity contribution >= 4 is 44.3 Å². The summed E-state index contributed by atoms with van der Waals surface area (Å²) in [6.07, 6.45) is 9.68. The van der Waals surface area contributed by atoms with Crippen LogP contribution in [0, 0.1) is 5.41 Å². The summed E-state index contributed by atoms with van der Waals surface area (Å²) in [6.45, 7) is 3.24. The van der Waals surface area contributed by atoms with Gasteiger partial charge in [-0.2, -0.15) is 10.2 Å². The number of hydrogen-bond acceptors (Lipinski definition) is 8. The van der Waals surface area contributed by atoms with Crippen molar-refractivity contribution in [3.63, 3.8) is 0 Å². The Hall–Kier alpha value is -3.40. The quantitative estimate of drug-likeness (QED) is 0.428. The van der Waals surface area contributed by atoms with Gasteiger partial charge in [-0.1, -0.05) is 10.8 Å². The van der Waals surface area contributed by atoms with E-state index in [1.54, 1.807) is 12.4 Å². The zero-order chi connectivity index (χ0) is 23.8. The minimum absolute atomic E-state index is 0.245. The standard InChI is InChI=1S/C23H24B2N10/c24-23(25)15-2-6-27-12-14(15)19(26)22(23)4-10-33(11-5-22)16-13-28-18-20(30-16)31-32-21(18)34-8-1-9-35-17(34)3-7-29-35/h2-3,6-7,12-13,19H,1,4-5,8-11,26H2,(H,30,31,32)/t19-/m1/s1. The van der Waals surface area contributed by atoms with E-state index in [9.17, 15) is 0 Å². The van der Waals surface area contributed by atoms with Gasteiger partial charge in [-0.15, -0.1) is 0 Å². The van der Waals surface area contributed by atoms with Crippen LogP contribution in [-0.4, -0.2) is 70.3 Å². The Kier molecular flexibility index (Phi) is 4.37. The van der Waals surface area contributed by atoms with E-state index in [-0.39, 0.29) is 6.04 Å². The third-order valence-corrected chi connectivity index (χ3v) is 8.25. The molecule has 1 spiro atoms. The molecule has 0 unspecified atom stereocenters. The summed E-state index contributed by atoms with van der Waals surface area (Å²) in [7, 11) is 13.5. The maximum Gasteiger partial charge on any atom is 0.184 e. The summed E-state index contributed by atoms with van der Waals surface area (Å²) in [5, 5.41) is 11.0. The number of nitrogens with two attached hydrogens (primary N) is 1.